The van der Waals surface area contributed by atoms with Crippen LogP contribution >= 0.6 is 0 Å². The molecule has 19 heavy (non-hydrogen) atoms. The molecule has 0 spiro atoms. The van der Waals surface area contributed by atoms with Gasteiger partial charge in [0, 0.05) is 19.2 Å². The number of phenols is 1. The Hall–Kier alpha value is -1.26. The molecule has 0 aliphatic carbocycles. The van der Waals surface area contributed by atoms with Crippen LogP contribution < -0.4 is 10.1 Å². The highest BCUT2D eigenvalue weighted by molar-refractivity contribution is 5.41. The molecule has 2 unspecified atom stereocenters. The Morgan fingerprint density at radius 3 is 3.05 bits per heavy atom. The summed E-state index contributed by atoms with van der Waals surface area (Å²) in [6.45, 7) is 6.20. The number of rotatable bonds is 5. The molecule has 4 nitrogen and oxygen atoms in total. The molecule has 2 atom stereocenters. The van der Waals surface area contributed by atoms with Crippen LogP contribution in [-0.4, -0.2) is 30.5 Å². The Balaban J connectivity index is 1.90. The lowest BCUT2D eigenvalue weighted by atomic mass is 10.0. The van der Waals surface area contributed by atoms with Crippen LogP contribution in [0, 0.1) is 0 Å². The second-order valence-electron chi connectivity index (χ2n) is 5.02. The molecule has 1 aromatic rings. The molecule has 106 valence electrons. The average Bonchev–Trinajstić information content (AvgIpc) is 2.40. The zero-order chi connectivity index (χ0) is 13.7. The Morgan fingerprint density at radius 2 is 2.32 bits per heavy atom. The van der Waals surface area contributed by atoms with E-state index in [1.54, 1.807) is 6.07 Å². The van der Waals surface area contributed by atoms with E-state index in [4.69, 9.17) is 9.47 Å². The average molecular weight is 265 g/mol. The summed E-state index contributed by atoms with van der Waals surface area (Å²) in [4.78, 5) is 0. The third-order valence-electron chi connectivity index (χ3n) is 3.40. The van der Waals surface area contributed by atoms with Crippen molar-refractivity contribution in [3.8, 4) is 11.5 Å². The second-order valence-corrected chi connectivity index (χ2v) is 5.02. The minimum atomic E-state index is 0.199. The van der Waals surface area contributed by atoms with Gasteiger partial charge in [0.2, 0.25) is 0 Å². The number of aromatic hydroxyl groups is 1. The summed E-state index contributed by atoms with van der Waals surface area (Å²) in [5.74, 6) is 0.757. The van der Waals surface area contributed by atoms with Crippen LogP contribution in [0.25, 0.3) is 0 Å². The number of benzene rings is 1. The van der Waals surface area contributed by atoms with E-state index in [1.165, 1.54) is 0 Å². The van der Waals surface area contributed by atoms with Gasteiger partial charge in [0.05, 0.1) is 12.7 Å². The van der Waals surface area contributed by atoms with E-state index in [1.807, 2.05) is 19.1 Å². The van der Waals surface area contributed by atoms with Crippen molar-refractivity contribution in [2.24, 2.45) is 0 Å². The van der Waals surface area contributed by atoms with E-state index in [2.05, 4.69) is 12.2 Å². The number of phenolic OH excluding ortho intramolecular Hbond substituents is 1. The first-order chi connectivity index (χ1) is 9.19. The predicted octanol–water partition coefficient (Wildman–Crippen LogP) is 2.45. The van der Waals surface area contributed by atoms with E-state index in [0.717, 1.165) is 31.6 Å². The van der Waals surface area contributed by atoms with E-state index in [9.17, 15) is 5.11 Å². The van der Waals surface area contributed by atoms with Crippen LogP contribution in [-0.2, 0) is 11.3 Å². The molecule has 0 aromatic heterocycles. The summed E-state index contributed by atoms with van der Waals surface area (Å²) in [5.41, 5.74) is 1.13. The molecule has 0 radical (unpaired) electrons. The smallest absolute Gasteiger partial charge is 0.161 e. The molecule has 1 aliphatic heterocycles. The highest BCUT2D eigenvalue weighted by atomic mass is 16.5. The molecular formula is C15H23NO3. The minimum absolute atomic E-state index is 0.199. The van der Waals surface area contributed by atoms with Crippen LogP contribution in [0.4, 0.5) is 0 Å². The maximum Gasteiger partial charge on any atom is 0.161 e. The van der Waals surface area contributed by atoms with Crippen molar-refractivity contribution in [1.82, 2.24) is 5.32 Å². The quantitative estimate of drug-likeness (QED) is 0.858. The van der Waals surface area contributed by atoms with Crippen molar-refractivity contribution in [3.63, 3.8) is 0 Å². The summed E-state index contributed by atoms with van der Waals surface area (Å²) >= 11 is 0. The van der Waals surface area contributed by atoms with Gasteiger partial charge in [-0.05, 0) is 44.4 Å². The van der Waals surface area contributed by atoms with Gasteiger partial charge in [-0.15, -0.1) is 0 Å². The molecule has 1 saturated heterocycles. The molecule has 1 aromatic carbocycles. The normalized spacial score (nSPS) is 23.3. The van der Waals surface area contributed by atoms with Crippen LogP contribution in [0.3, 0.4) is 0 Å². The third kappa shape index (κ3) is 4.11. The lowest BCUT2D eigenvalue weighted by molar-refractivity contribution is 0.0130. The fraction of sp³-hybridized carbons (Fsp3) is 0.600. The molecule has 2 N–H and O–H groups in total. The van der Waals surface area contributed by atoms with Gasteiger partial charge in [-0.2, -0.15) is 0 Å². The number of nitrogens with one attached hydrogen (secondary N) is 1. The van der Waals surface area contributed by atoms with Gasteiger partial charge < -0.3 is 19.9 Å². The maximum atomic E-state index is 9.66. The number of hydrogen-bond acceptors (Lipinski definition) is 4. The van der Waals surface area contributed by atoms with E-state index < -0.39 is 0 Å². The summed E-state index contributed by atoms with van der Waals surface area (Å²) in [7, 11) is 0. The van der Waals surface area contributed by atoms with Gasteiger partial charge in [0.15, 0.2) is 11.5 Å². The SMILES string of the molecule is CCOc1cc(CNC2CCOC(C)C2)ccc1O. The Morgan fingerprint density at radius 1 is 1.47 bits per heavy atom. The molecular weight excluding hydrogens is 242 g/mol. The zero-order valence-corrected chi connectivity index (χ0v) is 11.7. The fourth-order valence-corrected chi connectivity index (χ4v) is 2.39. The van der Waals surface area contributed by atoms with Crippen molar-refractivity contribution in [2.45, 2.75) is 45.4 Å². The van der Waals surface area contributed by atoms with Crippen LogP contribution in [0.15, 0.2) is 18.2 Å². The Bertz CT molecular complexity index is 408. The van der Waals surface area contributed by atoms with Crippen LogP contribution in [0.2, 0.25) is 0 Å². The standard InChI is InChI=1S/C15H23NO3/c1-3-18-15-9-12(4-5-14(15)17)10-16-13-6-7-19-11(2)8-13/h4-5,9,11,13,16-17H,3,6-8,10H2,1-2H3. The van der Waals surface area contributed by atoms with Crippen LogP contribution in [0.5, 0.6) is 11.5 Å². The van der Waals surface area contributed by atoms with Gasteiger partial charge in [-0.3, -0.25) is 0 Å². The first-order valence-corrected chi connectivity index (χ1v) is 6.98. The summed E-state index contributed by atoms with van der Waals surface area (Å²) in [6.07, 6.45) is 2.45. The molecule has 1 heterocycles. The lowest BCUT2D eigenvalue weighted by Gasteiger charge is -2.28. The summed E-state index contributed by atoms with van der Waals surface area (Å²) in [6, 6.07) is 6.02. The minimum Gasteiger partial charge on any atom is -0.504 e. The summed E-state index contributed by atoms with van der Waals surface area (Å²) in [5, 5.41) is 13.2. The van der Waals surface area contributed by atoms with Gasteiger partial charge >= 0.3 is 0 Å². The first-order valence-electron chi connectivity index (χ1n) is 6.98. The number of ether oxygens (including phenoxy) is 2. The largest absolute Gasteiger partial charge is 0.504 e. The second kappa shape index (κ2) is 6.78. The van der Waals surface area contributed by atoms with Crippen molar-refractivity contribution in [2.75, 3.05) is 13.2 Å². The molecule has 0 saturated carbocycles. The zero-order valence-electron chi connectivity index (χ0n) is 11.7. The van der Waals surface area contributed by atoms with E-state index >= 15 is 0 Å². The van der Waals surface area contributed by atoms with E-state index in [0.29, 0.717) is 24.5 Å². The molecule has 1 fully saturated rings. The third-order valence-corrected chi connectivity index (χ3v) is 3.40. The summed E-state index contributed by atoms with van der Waals surface area (Å²) < 4.78 is 10.9. The first kappa shape index (κ1) is 14.2. The fourth-order valence-electron chi connectivity index (χ4n) is 2.39. The van der Waals surface area contributed by atoms with Crippen molar-refractivity contribution in [3.05, 3.63) is 23.8 Å². The molecule has 0 amide bonds. The van der Waals surface area contributed by atoms with Crippen LogP contribution in [0.1, 0.15) is 32.3 Å². The Labute approximate surface area is 114 Å². The lowest BCUT2D eigenvalue weighted by Crippen LogP contribution is -2.37. The molecule has 2 rings (SSSR count). The van der Waals surface area contributed by atoms with Crippen molar-refractivity contribution in [1.29, 1.82) is 0 Å². The maximum absolute atomic E-state index is 9.66. The number of hydrogen-bond donors (Lipinski definition) is 2. The molecule has 0 bridgehead atoms. The monoisotopic (exact) mass is 265 g/mol. The van der Waals surface area contributed by atoms with Gasteiger partial charge in [-0.1, -0.05) is 6.07 Å². The Kier molecular flexibility index (Phi) is 5.05. The van der Waals surface area contributed by atoms with E-state index in [-0.39, 0.29) is 5.75 Å². The van der Waals surface area contributed by atoms with Gasteiger partial charge in [-0.25, -0.2) is 0 Å². The van der Waals surface area contributed by atoms with Crippen molar-refractivity contribution >= 4 is 0 Å². The highest BCUT2D eigenvalue weighted by Gasteiger charge is 2.18. The molecule has 4 heteroatoms. The van der Waals surface area contributed by atoms with Gasteiger partial charge in [0.25, 0.3) is 0 Å². The predicted molar refractivity (Wildman–Crippen MR) is 74.6 cm³/mol. The van der Waals surface area contributed by atoms with Gasteiger partial charge in [0.1, 0.15) is 0 Å². The highest BCUT2D eigenvalue weighted by Crippen LogP contribution is 2.27. The molecule has 1 aliphatic rings. The van der Waals surface area contributed by atoms with Crippen molar-refractivity contribution < 1.29 is 14.6 Å². The topological polar surface area (TPSA) is 50.7 Å².